The van der Waals surface area contributed by atoms with E-state index >= 15 is 0 Å². The molecule has 94 valence electrons. The average molecular weight is 258 g/mol. The van der Waals surface area contributed by atoms with Gasteiger partial charge in [-0.1, -0.05) is 24.9 Å². The highest BCUT2D eigenvalue weighted by molar-refractivity contribution is 6.29. The van der Waals surface area contributed by atoms with Crippen molar-refractivity contribution in [2.45, 2.75) is 39.2 Å². The van der Waals surface area contributed by atoms with Gasteiger partial charge >= 0.3 is 5.69 Å². The van der Waals surface area contributed by atoms with Crippen molar-refractivity contribution in [3.05, 3.63) is 27.4 Å². The first-order chi connectivity index (χ1) is 7.85. The molecule has 0 spiro atoms. The lowest BCUT2D eigenvalue weighted by Crippen LogP contribution is -2.31. The molecule has 0 bridgehead atoms. The zero-order chi connectivity index (χ0) is 13.1. The van der Waals surface area contributed by atoms with Gasteiger partial charge in [-0.25, -0.2) is 4.98 Å². The summed E-state index contributed by atoms with van der Waals surface area (Å²) in [5.41, 5.74) is -0.310. The van der Waals surface area contributed by atoms with Gasteiger partial charge in [-0.2, -0.15) is 0 Å². The molecular formula is C11H16ClN3O2. The quantitative estimate of drug-likeness (QED) is 0.497. The van der Waals surface area contributed by atoms with Crippen molar-refractivity contribution in [2.75, 3.05) is 5.32 Å². The van der Waals surface area contributed by atoms with Gasteiger partial charge in [-0.3, -0.25) is 10.1 Å². The van der Waals surface area contributed by atoms with Crippen molar-refractivity contribution in [1.29, 1.82) is 0 Å². The Hall–Kier alpha value is -1.36. The number of hydrogen-bond donors (Lipinski definition) is 1. The van der Waals surface area contributed by atoms with Crippen LogP contribution in [0.5, 0.6) is 0 Å². The first-order valence-corrected chi connectivity index (χ1v) is 5.82. The number of nitrogens with zero attached hydrogens (tertiary/aromatic N) is 2. The summed E-state index contributed by atoms with van der Waals surface area (Å²) in [5, 5.41) is 14.2. The Morgan fingerprint density at radius 2 is 2.18 bits per heavy atom. The molecule has 0 aliphatic rings. The topological polar surface area (TPSA) is 68.1 Å². The summed E-state index contributed by atoms with van der Waals surface area (Å²) in [5.74, 6) is 0.223. The molecule has 0 aliphatic heterocycles. The largest absolute Gasteiger partial charge is 0.359 e. The summed E-state index contributed by atoms with van der Waals surface area (Å²) < 4.78 is 0. The van der Waals surface area contributed by atoms with E-state index in [1.54, 1.807) is 0 Å². The monoisotopic (exact) mass is 257 g/mol. The standard InChI is InChI=1S/C11H16ClN3O2/c1-4-7-11(2,3)14-10-8(15(16)17)5-6-9(12)13-10/h5-6H,4,7H2,1-3H3,(H,13,14). The molecule has 0 radical (unpaired) electrons. The summed E-state index contributed by atoms with van der Waals surface area (Å²) in [6.45, 7) is 6.01. The lowest BCUT2D eigenvalue weighted by molar-refractivity contribution is -0.384. The van der Waals surface area contributed by atoms with Crippen molar-refractivity contribution in [3.63, 3.8) is 0 Å². The van der Waals surface area contributed by atoms with E-state index in [2.05, 4.69) is 17.2 Å². The first-order valence-electron chi connectivity index (χ1n) is 5.45. The lowest BCUT2D eigenvalue weighted by Gasteiger charge is -2.26. The van der Waals surface area contributed by atoms with Crippen LogP contribution in [0.1, 0.15) is 33.6 Å². The third kappa shape index (κ3) is 3.85. The van der Waals surface area contributed by atoms with Gasteiger partial charge in [0, 0.05) is 11.6 Å². The van der Waals surface area contributed by atoms with E-state index in [4.69, 9.17) is 11.6 Å². The summed E-state index contributed by atoms with van der Waals surface area (Å²) in [4.78, 5) is 14.4. The second-order valence-corrected chi connectivity index (χ2v) is 4.90. The molecule has 1 aromatic heterocycles. The normalized spacial score (nSPS) is 11.3. The van der Waals surface area contributed by atoms with E-state index in [1.165, 1.54) is 12.1 Å². The van der Waals surface area contributed by atoms with E-state index in [0.29, 0.717) is 0 Å². The molecule has 5 nitrogen and oxygen atoms in total. The summed E-state index contributed by atoms with van der Waals surface area (Å²) in [6.07, 6.45) is 1.87. The van der Waals surface area contributed by atoms with E-state index < -0.39 is 4.92 Å². The summed E-state index contributed by atoms with van der Waals surface area (Å²) >= 11 is 5.75. The molecule has 0 atom stereocenters. The zero-order valence-electron chi connectivity index (χ0n) is 10.2. The van der Waals surface area contributed by atoms with Crippen LogP contribution in [0, 0.1) is 10.1 Å². The highest BCUT2D eigenvalue weighted by Gasteiger charge is 2.23. The molecule has 1 rings (SSSR count). The number of aromatic nitrogens is 1. The smallest absolute Gasteiger partial charge is 0.311 e. The number of hydrogen-bond acceptors (Lipinski definition) is 4. The van der Waals surface area contributed by atoms with Crippen LogP contribution >= 0.6 is 11.6 Å². The third-order valence-electron chi connectivity index (χ3n) is 2.37. The number of pyridine rings is 1. The van der Waals surface area contributed by atoms with Crippen LogP contribution in [0.15, 0.2) is 12.1 Å². The summed E-state index contributed by atoms with van der Waals surface area (Å²) in [7, 11) is 0. The van der Waals surface area contributed by atoms with Crippen LogP contribution in [-0.4, -0.2) is 15.4 Å². The SMILES string of the molecule is CCCC(C)(C)Nc1nc(Cl)ccc1[N+](=O)[O-]. The number of anilines is 1. The zero-order valence-corrected chi connectivity index (χ0v) is 10.9. The van der Waals surface area contributed by atoms with Crippen molar-refractivity contribution in [3.8, 4) is 0 Å². The maximum Gasteiger partial charge on any atom is 0.311 e. The Labute approximate surface area is 105 Å². The maximum atomic E-state index is 10.9. The molecule has 0 saturated carbocycles. The molecule has 17 heavy (non-hydrogen) atoms. The fraction of sp³-hybridized carbons (Fsp3) is 0.545. The van der Waals surface area contributed by atoms with E-state index in [1.807, 2.05) is 13.8 Å². The number of rotatable bonds is 5. The first kappa shape index (κ1) is 13.7. The summed E-state index contributed by atoms with van der Waals surface area (Å²) in [6, 6.07) is 2.78. The molecule has 0 amide bonds. The second kappa shape index (κ2) is 5.31. The van der Waals surface area contributed by atoms with E-state index in [9.17, 15) is 10.1 Å². The fourth-order valence-corrected chi connectivity index (χ4v) is 1.82. The van der Waals surface area contributed by atoms with Gasteiger partial charge in [0.2, 0.25) is 5.82 Å². The Kier molecular flexibility index (Phi) is 4.28. The van der Waals surface area contributed by atoms with Gasteiger partial charge in [0.25, 0.3) is 0 Å². The number of halogens is 1. The lowest BCUT2D eigenvalue weighted by atomic mass is 9.99. The van der Waals surface area contributed by atoms with Crippen LogP contribution in [0.2, 0.25) is 5.15 Å². The van der Waals surface area contributed by atoms with Crippen LogP contribution < -0.4 is 5.32 Å². The van der Waals surface area contributed by atoms with Crippen LogP contribution in [-0.2, 0) is 0 Å². The Bertz CT molecular complexity index is 421. The number of nitrogens with one attached hydrogen (secondary N) is 1. The van der Waals surface area contributed by atoms with Crippen LogP contribution in [0.4, 0.5) is 11.5 Å². The highest BCUT2D eigenvalue weighted by atomic mass is 35.5. The predicted molar refractivity (Wildman–Crippen MR) is 68.5 cm³/mol. The Balaban J connectivity index is 3.04. The molecule has 1 N–H and O–H groups in total. The molecule has 0 fully saturated rings. The molecule has 0 aliphatic carbocycles. The molecule has 0 saturated heterocycles. The molecule has 0 unspecified atom stereocenters. The Morgan fingerprint density at radius 3 is 2.71 bits per heavy atom. The van der Waals surface area contributed by atoms with Crippen LogP contribution in [0.25, 0.3) is 0 Å². The molecule has 6 heteroatoms. The minimum Gasteiger partial charge on any atom is -0.359 e. The van der Waals surface area contributed by atoms with Gasteiger partial charge in [0.05, 0.1) is 4.92 Å². The molecule has 0 aromatic carbocycles. The maximum absolute atomic E-state index is 10.9. The predicted octanol–water partition coefficient (Wildman–Crippen LogP) is 3.63. The molecular weight excluding hydrogens is 242 g/mol. The van der Waals surface area contributed by atoms with Crippen molar-refractivity contribution >= 4 is 23.1 Å². The van der Waals surface area contributed by atoms with E-state index in [0.717, 1.165) is 12.8 Å². The third-order valence-corrected chi connectivity index (χ3v) is 2.58. The van der Waals surface area contributed by atoms with Crippen molar-refractivity contribution in [1.82, 2.24) is 4.98 Å². The molecule has 1 heterocycles. The Morgan fingerprint density at radius 1 is 1.53 bits per heavy atom. The highest BCUT2D eigenvalue weighted by Crippen LogP contribution is 2.28. The van der Waals surface area contributed by atoms with E-state index in [-0.39, 0.29) is 22.2 Å². The minimum absolute atomic E-state index is 0.0569. The molecule has 1 aromatic rings. The van der Waals surface area contributed by atoms with Crippen molar-refractivity contribution < 1.29 is 4.92 Å². The van der Waals surface area contributed by atoms with Gasteiger partial charge in [0.15, 0.2) is 0 Å². The number of nitro groups is 1. The van der Waals surface area contributed by atoms with Gasteiger partial charge in [0.1, 0.15) is 5.15 Å². The van der Waals surface area contributed by atoms with Crippen molar-refractivity contribution in [2.24, 2.45) is 0 Å². The fourth-order valence-electron chi connectivity index (χ4n) is 1.68. The average Bonchev–Trinajstić information content (AvgIpc) is 2.15. The van der Waals surface area contributed by atoms with Gasteiger partial charge in [-0.05, 0) is 26.3 Å². The van der Waals surface area contributed by atoms with Crippen LogP contribution in [0.3, 0.4) is 0 Å². The van der Waals surface area contributed by atoms with Gasteiger partial charge in [-0.15, -0.1) is 0 Å². The van der Waals surface area contributed by atoms with Gasteiger partial charge < -0.3 is 5.32 Å². The second-order valence-electron chi connectivity index (χ2n) is 4.52. The minimum atomic E-state index is -0.465.